The topological polar surface area (TPSA) is 72.9 Å². The van der Waals surface area contributed by atoms with Crippen LogP contribution >= 0.6 is 0 Å². The van der Waals surface area contributed by atoms with Crippen molar-refractivity contribution in [3.63, 3.8) is 0 Å². The van der Waals surface area contributed by atoms with Crippen LogP contribution in [0.1, 0.15) is 36.9 Å². The van der Waals surface area contributed by atoms with Crippen LogP contribution in [0.4, 0.5) is 5.95 Å². The highest BCUT2D eigenvalue weighted by atomic mass is 15.3. The first-order chi connectivity index (χ1) is 9.67. The van der Waals surface area contributed by atoms with Crippen molar-refractivity contribution in [3.8, 4) is 5.82 Å². The Labute approximate surface area is 118 Å². The molecule has 0 spiro atoms. The average molecular weight is 272 g/mol. The number of nitrogen functional groups attached to an aromatic ring is 1. The lowest BCUT2D eigenvalue weighted by atomic mass is 10.2. The Morgan fingerprint density at radius 3 is 2.90 bits per heavy atom. The van der Waals surface area contributed by atoms with Crippen molar-refractivity contribution in [1.29, 1.82) is 0 Å². The van der Waals surface area contributed by atoms with E-state index in [0.29, 0.717) is 5.92 Å². The van der Waals surface area contributed by atoms with Crippen LogP contribution in [-0.2, 0) is 6.54 Å². The summed E-state index contributed by atoms with van der Waals surface area (Å²) in [7, 11) is 2.12. The normalized spacial score (nSPS) is 14.9. The number of nitrogens with zero attached hydrogens (tertiary/aromatic N) is 5. The second-order valence-electron chi connectivity index (χ2n) is 5.36. The molecular formula is C14H20N6. The first kappa shape index (κ1) is 13.1. The first-order valence-electron chi connectivity index (χ1n) is 7.03. The fraction of sp³-hybridized carbons (Fsp3) is 0.500. The number of rotatable bonds is 5. The fourth-order valence-corrected chi connectivity index (χ4v) is 2.26. The van der Waals surface area contributed by atoms with E-state index in [9.17, 15) is 0 Å². The molecule has 2 heterocycles. The van der Waals surface area contributed by atoms with Crippen molar-refractivity contribution in [1.82, 2.24) is 24.6 Å². The number of hydrogen-bond donors (Lipinski definition) is 1. The van der Waals surface area contributed by atoms with Gasteiger partial charge in [0.1, 0.15) is 0 Å². The summed E-state index contributed by atoms with van der Waals surface area (Å²) in [5, 5.41) is 4.72. The molecular weight excluding hydrogens is 252 g/mol. The van der Waals surface area contributed by atoms with Crippen LogP contribution in [0, 0.1) is 0 Å². The smallest absolute Gasteiger partial charge is 0.221 e. The Balaban J connectivity index is 1.94. The molecule has 1 aliphatic rings. The third-order valence-corrected chi connectivity index (χ3v) is 3.66. The lowest BCUT2D eigenvalue weighted by Crippen LogP contribution is -2.17. The molecule has 0 aliphatic heterocycles. The second kappa shape index (κ2) is 5.20. The maximum absolute atomic E-state index is 5.64. The van der Waals surface area contributed by atoms with E-state index in [4.69, 9.17) is 10.8 Å². The van der Waals surface area contributed by atoms with Gasteiger partial charge < -0.3 is 10.6 Å². The molecule has 1 fully saturated rings. The third-order valence-electron chi connectivity index (χ3n) is 3.66. The molecule has 6 heteroatoms. The summed E-state index contributed by atoms with van der Waals surface area (Å²) in [5.74, 6) is 1.62. The van der Waals surface area contributed by atoms with Crippen LogP contribution in [0.15, 0.2) is 18.5 Å². The minimum atomic E-state index is 0.276. The molecule has 0 aromatic carbocycles. The molecule has 0 saturated heterocycles. The zero-order chi connectivity index (χ0) is 14.1. The molecule has 2 aromatic heterocycles. The maximum atomic E-state index is 5.64. The number of hydrogen-bond acceptors (Lipinski definition) is 5. The Morgan fingerprint density at radius 2 is 2.25 bits per heavy atom. The van der Waals surface area contributed by atoms with Crippen LogP contribution in [0.2, 0.25) is 0 Å². The van der Waals surface area contributed by atoms with Gasteiger partial charge in [-0.15, -0.1) is 0 Å². The molecule has 2 N–H and O–H groups in total. The second-order valence-corrected chi connectivity index (χ2v) is 5.36. The summed E-state index contributed by atoms with van der Waals surface area (Å²) in [5.41, 5.74) is 8.14. The minimum Gasteiger partial charge on any atom is -0.368 e. The van der Waals surface area contributed by atoms with Crippen molar-refractivity contribution in [3.05, 3.63) is 29.7 Å². The van der Waals surface area contributed by atoms with E-state index < -0.39 is 0 Å². The summed E-state index contributed by atoms with van der Waals surface area (Å²) in [6.45, 7) is 4.10. The molecule has 3 rings (SSSR count). The molecule has 0 radical (unpaired) electrons. The van der Waals surface area contributed by atoms with Gasteiger partial charge in [-0.1, -0.05) is 6.92 Å². The largest absolute Gasteiger partial charge is 0.368 e. The van der Waals surface area contributed by atoms with Crippen molar-refractivity contribution in [2.45, 2.75) is 32.2 Å². The van der Waals surface area contributed by atoms with Crippen LogP contribution in [-0.4, -0.2) is 38.2 Å². The van der Waals surface area contributed by atoms with Crippen LogP contribution in [0.3, 0.4) is 0 Å². The Morgan fingerprint density at radius 1 is 1.45 bits per heavy atom. The molecule has 1 saturated carbocycles. The average Bonchev–Trinajstić information content (AvgIpc) is 3.20. The molecule has 6 nitrogen and oxygen atoms in total. The highest BCUT2D eigenvalue weighted by Gasteiger charge is 2.29. The molecule has 1 aliphatic carbocycles. The van der Waals surface area contributed by atoms with Gasteiger partial charge in [0.15, 0.2) is 5.82 Å². The molecule has 0 atom stereocenters. The first-order valence-corrected chi connectivity index (χ1v) is 7.03. The van der Waals surface area contributed by atoms with E-state index >= 15 is 0 Å². The van der Waals surface area contributed by atoms with Gasteiger partial charge in [0.2, 0.25) is 5.95 Å². The van der Waals surface area contributed by atoms with Gasteiger partial charge in [-0.3, -0.25) is 0 Å². The predicted octanol–water partition coefficient (Wildman–Crippen LogP) is 1.57. The highest BCUT2D eigenvalue weighted by molar-refractivity contribution is 5.32. The summed E-state index contributed by atoms with van der Waals surface area (Å²) < 4.78 is 1.82. The van der Waals surface area contributed by atoms with Crippen LogP contribution < -0.4 is 5.73 Å². The summed E-state index contributed by atoms with van der Waals surface area (Å²) in [6.07, 6.45) is 6.22. The Bertz CT molecular complexity index is 601. The van der Waals surface area contributed by atoms with E-state index in [2.05, 4.69) is 35.0 Å². The zero-order valence-corrected chi connectivity index (χ0v) is 12.0. The van der Waals surface area contributed by atoms with Crippen LogP contribution in [0.5, 0.6) is 0 Å². The molecule has 106 valence electrons. The van der Waals surface area contributed by atoms with Gasteiger partial charge in [-0.25, -0.2) is 9.67 Å². The van der Waals surface area contributed by atoms with Gasteiger partial charge in [-0.2, -0.15) is 10.1 Å². The van der Waals surface area contributed by atoms with E-state index in [1.165, 1.54) is 24.1 Å². The quantitative estimate of drug-likeness (QED) is 0.894. The van der Waals surface area contributed by atoms with Gasteiger partial charge in [-0.05, 0) is 26.4 Å². The minimum absolute atomic E-state index is 0.276. The lowest BCUT2D eigenvalue weighted by molar-refractivity contribution is 0.344. The SMILES string of the molecule is CCN(C)Cc1cn(-c2ccnc(N)n2)nc1C1CC1. The van der Waals surface area contributed by atoms with Crippen LogP contribution in [0.25, 0.3) is 5.82 Å². The van der Waals surface area contributed by atoms with Crippen molar-refractivity contribution < 1.29 is 0 Å². The van der Waals surface area contributed by atoms with Crippen molar-refractivity contribution in [2.24, 2.45) is 0 Å². The fourth-order valence-electron chi connectivity index (χ4n) is 2.26. The van der Waals surface area contributed by atoms with E-state index in [-0.39, 0.29) is 5.95 Å². The monoisotopic (exact) mass is 272 g/mol. The number of anilines is 1. The van der Waals surface area contributed by atoms with Gasteiger partial charge in [0.05, 0.1) is 5.69 Å². The zero-order valence-electron chi connectivity index (χ0n) is 12.0. The lowest BCUT2D eigenvalue weighted by Gasteiger charge is -2.12. The van der Waals surface area contributed by atoms with E-state index in [1.807, 2.05) is 10.7 Å². The molecule has 0 amide bonds. The number of nitrogens with two attached hydrogens (primary N) is 1. The number of aromatic nitrogens is 4. The Hall–Kier alpha value is -1.95. The van der Waals surface area contributed by atoms with Gasteiger partial charge >= 0.3 is 0 Å². The molecule has 0 unspecified atom stereocenters. The molecule has 0 bridgehead atoms. The highest BCUT2D eigenvalue weighted by Crippen LogP contribution is 2.41. The van der Waals surface area contributed by atoms with E-state index in [0.717, 1.165) is 18.9 Å². The van der Waals surface area contributed by atoms with Crippen molar-refractivity contribution >= 4 is 5.95 Å². The predicted molar refractivity (Wildman–Crippen MR) is 77.5 cm³/mol. The standard InChI is InChI=1S/C14H20N6/c1-3-19(2)8-11-9-20(18-13(11)10-4-5-10)12-6-7-16-14(15)17-12/h6-7,9-10H,3-5,8H2,1-2H3,(H2,15,16,17). The van der Waals surface area contributed by atoms with Gasteiger partial charge in [0, 0.05) is 36.5 Å². The van der Waals surface area contributed by atoms with Gasteiger partial charge in [0.25, 0.3) is 0 Å². The van der Waals surface area contributed by atoms with Crippen molar-refractivity contribution in [2.75, 3.05) is 19.3 Å². The molecule has 20 heavy (non-hydrogen) atoms. The summed E-state index contributed by atoms with van der Waals surface area (Å²) in [4.78, 5) is 10.4. The Kier molecular flexibility index (Phi) is 3.40. The van der Waals surface area contributed by atoms with E-state index in [1.54, 1.807) is 6.20 Å². The summed E-state index contributed by atoms with van der Waals surface area (Å²) >= 11 is 0. The maximum Gasteiger partial charge on any atom is 0.221 e. The summed E-state index contributed by atoms with van der Waals surface area (Å²) in [6, 6.07) is 1.83. The molecule has 2 aromatic rings. The third kappa shape index (κ3) is 2.65.